The number of hydrogen-bond donors (Lipinski definition) is 0. The number of nitrogens with zero attached hydrogens (tertiary/aromatic N) is 2. The number of benzene rings is 1. The number of rotatable bonds is 2. The van der Waals surface area contributed by atoms with E-state index in [9.17, 15) is 4.79 Å². The van der Waals surface area contributed by atoms with Gasteiger partial charge in [-0.1, -0.05) is 38.1 Å². The molecule has 1 amide bonds. The molecule has 0 spiro atoms. The molecule has 0 unspecified atom stereocenters. The molecule has 0 aliphatic carbocycles. The highest BCUT2D eigenvalue weighted by Gasteiger charge is 2.19. The van der Waals surface area contributed by atoms with E-state index in [4.69, 9.17) is 0 Å². The Morgan fingerprint density at radius 3 is 2.11 bits per heavy atom. The van der Waals surface area contributed by atoms with Crippen LogP contribution in [0.3, 0.4) is 0 Å². The first-order chi connectivity index (χ1) is 9.20. The minimum absolute atomic E-state index is 0.0357. The second-order valence-corrected chi connectivity index (χ2v) is 4.35. The van der Waals surface area contributed by atoms with Gasteiger partial charge in [0.25, 0.3) is 0 Å². The van der Waals surface area contributed by atoms with Crippen LogP contribution in [-0.2, 0) is 4.79 Å². The van der Waals surface area contributed by atoms with Crippen LogP contribution in [0.1, 0.15) is 19.4 Å². The van der Waals surface area contributed by atoms with E-state index < -0.39 is 0 Å². The van der Waals surface area contributed by atoms with E-state index in [-0.39, 0.29) is 5.91 Å². The molecule has 0 N–H and O–H groups in total. The Labute approximate surface area is 116 Å². The minimum Gasteiger partial charge on any atom is -0.368 e. The topological polar surface area (TPSA) is 23.6 Å². The summed E-state index contributed by atoms with van der Waals surface area (Å²) < 4.78 is 0. The summed E-state index contributed by atoms with van der Waals surface area (Å²) in [5, 5.41) is 0. The number of anilines is 1. The second kappa shape index (κ2) is 7.62. The quantitative estimate of drug-likeness (QED) is 0.763. The Morgan fingerprint density at radius 2 is 1.63 bits per heavy atom. The molecule has 2 rings (SSSR count). The van der Waals surface area contributed by atoms with Crippen molar-refractivity contribution >= 4 is 11.6 Å². The fourth-order valence-electron chi connectivity index (χ4n) is 2.07. The van der Waals surface area contributed by atoms with Gasteiger partial charge in [-0.15, -0.1) is 0 Å². The smallest absolute Gasteiger partial charge is 0.246 e. The standard InChI is InChI=1S/C14H18N2O.C2H6/c1-3-14(17)16-10-8-15(9-11-16)13-6-4-12(2)5-7-13;1-2/h3-7H,1,8-11H2,2H3;1-2H3. The highest BCUT2D eigenvalue weighted by molar-refractivity contribution is 5.87. The van der Waals surface area contributed by atoms with E-state index in [2.05, 4.69) is 42.7 Å². The largest absolute Gasteiger partial charge is 0.368 e. The average Bonchev–Trinajstić information content (AvgIpc) is 2.49. The molecule has 0 aromatic heterocycles. The average molecular weight is 260 g/mol. The maximum absolute atomic E-state index is 11.4. The summed E-state index contributed by atoms with van der Waals surface area (Å²) in [7, 11) is 0. The number of piperazine rings is 1. The van der Waals surface area contributed by atoms with Crippen molar-refractivity contribution < 1.29 is 4.79 Å². The van der Waals surface area contributed by atoms with E-state index >= 15 is 0 Å². The summed E-state index contributed by atoms with van der Waals surface area (Å²) >= 11 is 0. The van der Waals surface area contributed by atoms with Crippen LogP contribution >= 0.6 is 0 Å². The van der Waals surface area contributed by atoms with Crippen LogP contribution in [0.15, 0.2) is 36.9 Å². The molecule has 1 aromatic rings. The Bertz CT molecular complexity index is 403. The van der Waals surface area contributed by atoms with Crippen molar-refractivity contribution in [2.75, 3.05) is 31.1 Å². The Hall–Kier alpha value is -1.77. The first kappa shape index (κ1) is 15.3. The van der Waals surface area contributed by atoms with Crippen LogP contribution in [0.5, 0.6) is 0 Å². The predicted molar refractivity (Wildman–Crippen MR) is 81.5 cm³/mol. The lowest BCUT2D eigenvalue weighted by atomic mass is 10.2. The van der Waals surface area contributed by atoms with Gasteiger partial charge in [-0.3, -0.25) is 4.79 Å². The summed E-state index contributed by atoms with van der Waals surface area (Å²) in [4.78, 5) is 15.6. The molecule has 3 heteroatoms. The van der Waals surface area contributed by atoms with Crippen molar-refractivity contribution in [3.05, 3.63) is 42.5 Å². The van der Waals surface area contributed by atoms with Crippen LogP contribution in [-0.4, -0.2) is 37.0 Å². The van der Waals surface area contributed by atoms with E-state index in [0.717, 1.165) is 26.2 Å². The van der Waals surface area contributed by atoms with Crippen molar-refractivity contribution in [2.24, 2.45) is 0 Å². The van der Waals surface area contributed by atoms with Crippen molar-refractivity contribution in [2.45, 2.75) is 20.8 Å². The first-order valence-corrected chi connectivity index (χ1v) is 6.93. The van der Waals surface area contributed by atoms with Gasteiger partial charge in [-0.2, -0.15) is 0 Å². The first-order valence-electron chi connectivity index (χ1n) is 6.93. The SMILES string of the molecule is C=CC(=O)N1CCN(c2ccc(C)cc2)CC1.CC. The van der Waals surface area contributed by atoms with Crippen molar-refractivity contribution in [1.29, 1.82) is 0 Å². The van der Waals surface area contributed by atoms with E-state index in [0.29, 0.717) is 0 Å². The van der Waals surface area contributed by atoms with Crippen LogP contribution in [0.25, 0.3) is 0 Å². The second-order valence-electron chi connectivity index (χ2n) is 4.35. The summed E-state index contributed by atoms with van der Waals surface area (Å²) in [6, 6.07) is 8.52. The monoisotopic (exact) mass is 260 g/mol. The van der Waals surface area contributed by atoms with Gasteiger partial charge in [0.05, 0.1) is 0 Å². The molecule has 0 bridgehead atoms. The maximum Gasteiger partial charge on any atom is 0.246 e. The third kappa shape index (κ3) is 4.12. The summed E-state index contributed by atoms with van der Waals surface area (Å²) in [5.74, 6) is 0.0357. The van der Waals surface area contributed by atoms with Crippen LogP contribution in [0.4, 0.5) is 5.69 Å². The molecule has 104 valence electrons. The Morgan fingerprint density at radius 1 is 1.11 bits per heavy atom. The maximum atomic E-state index is 11.4. The normalized spacial score (nSPS) is 14.5. The number of carbonyl (C=O) groups excluding carboxylic acids is 1. The molecule has 0 radical (unpaired) electrons. The zero-order chi connectivity index (χ0) is 14.3. The highest BCUT2D eigenvalue weighted by atomic mass is 16.2. The molecule has 1 saturated heterocycles. The van der Waals surface area contributed by atoms with Crippen molar-refractivity contribution in [1.82, 2.24) is 4.90 Å². The molecule has 0 atom stereocenters. The van der Waals surface area contributed by atoms with Gasteiger partial charge in [0.2, 0.25) is 5.91 Å². The van der Waals surface area contributed by atoms with Gasteiger partial charge < -0.3 is 9.80 Å². The van der Waals surface area contributed by atoms with Crippen LogP contribution in [0.2, 0.25) is 0 Å². The summed E-state index contributed by atoms with van der Waals surface area (Å²) in [5.41, 5.74) is 2.51. The van der Waals surface area contributed by atoms with Crippen LogP contribution in [0, 0.1) is 6.92 Å². The van der Waals surface area contributed by atoms with Gasteiger partial charge in [0, 0.05) is 31.9 Å². The molecule has 1 aliphatic rings. The lowest BCUT2D eigenvalue weighted by molar-refractivity contribution is -0.126. The lowest BCUT2D eigenvalue weighted by Crippen LogP contribution is -2.48. The number of amides is 1. The van der Waals surface area contributed by atoms with Gasteiger partial charge in [0.15, 0.2) is 0 Å². The minimum atomic E-state index is 0.0357. The zero-order valence-corrected chi connectivity index (χ0v) is 12.2. The predicted octanol–water partition coefficient (Wildman–Crippen LogP) is 2.86. The van der Waals surface area contributed by atoms with Crippen molar-refractivity contribution in [3.63, 3.8) is 0 Å². The van der Waals surface area contributed by atoms with Crippen molar-refractivity contribution in [3.8, 4) is 0 Å². The molecule has 19 heavy (non-hydrogen) atoms. The number of hydrogen-bond acceptors (Lipinski definition) is 2. The highest BCUT2D eigenvalue weighted by Crippen LogP contribution is 2.17. The van der Waals surface area contributed by atoms with Gasteiger partial charge in [-0.05, 0) is 25.1 Å². The van der Waals surface area contributed by atoms with Gasteiger partial charge >= 0.3 is 0 Å². The molecule has 1 fully saturated rings. The Kier molecular flexibility index (Phi) is 6.13. The fourth-order valence-corrected chi connectivity index (χ4v) is 2.07. The molecular weight excluding hydrogens is 236 g/mol. The Balaban J connectivity index is 0.000000861. The fraction of sp³-hybridized carbons (Fsp3) is 0.438. The summed E-state index contributed by atoms with van der Waals surface area (Å²) in [6.07, 6.45) is 1.39. The lowest BCUT2D eigenvalue weighted by Gasteiger charge is -2.35. The molecule has 1 heterocycles. The number of aryl methyl sites for hydroxylation is 1. The van der Waals surface area contributed by atoms with Gasteiger partial charge in [0.1, 0.15) is 0 Å². The molecule has 1 aliphatic heterocycles. The summed E-state index contributed by atoms with van der Waals surface area (Å²) in [6.45, 7) is 12.9. The third-order valence-electron chi connectivity index (χ3n) is 3.17. The third-order valence-corrected chi connectivity index (χ3v) is 3.17. The van der Waals surface area contributed by atoms with E-state index in [1.807, 2.05) is 18.7 Å². The number of carbonyl (C=O) groups is 1. The molecular formula is C16H24N2O. The molecule has 0 saturated carbocycles. The molecule has 1 aromatic carbocycles. The van der Waals surface area contributed by atoms with E-state index in [1.54, 1.807) is 0 Å². The zero-order valence-electron chi connectivity index (χ0n) is 12.2. The van der Waals surface area contributed by atoms with Crippen LogP contribution < -0.4 is 4.90 Å². The molecule has 3 nitrogen and oxygen atoms in total. The van der Waals surface area contributed by atoms with E-state index in [1.165, 1.54) is 17.3 Å². The van der Waals surface area contributed by atoms with Gasteiger partial charge in [-0.25, -0.2) is 0 Å².